The number of hydrogen-bond donors (Lipinski definition) is 2. The van der Waals surface area contributed by atoms with E-state index in [1.807, 2.05) is 36.4 Å². The molecule has 5 heteroatoms. The van der Waals surface area contributed by atoms with Gasteiger partial charge in [0.05, 0.1) is 26.3 Å². The average molecular weight is 319 g/mol. The molecule has 0 bridgehead atoms. The zero-order valence-corrected chi connectivity index (χ0v) is 13.4. The lowest BCUT2D eigenvalue weighted by Crippen LogP contribution is -3.00. The van der Waals surface area contributed by atoms with Crippen molar-refractivity contribution in [2.75, 3.05) is 26.1 Å². The van der Waals surface area contributed by atoms with Gasteiger partial charge >= 0.3 is 0 Å². The zero-order chi connectivity index (χ0) is 14.7. The predicted molar refractivity (Wildman–Crippen MR) is 83.3 cm³/mol. The van der Waals surface area contributed by atoms with Crippen molar-refractivity contribution < 1.29 is 26.9 Å². The molecule has 0 aliphatic carbocycles. The van der Waals surface area contributed by atoms with Gasteiger partial charge < -0.3 is 21.9 Å². The van der Waals surface area contributed by atoms with Gasteiger partial charge in [0.25, 0.3) is 5.84 Å². The Morgan fingerprint density at radius 1 is 1.00 bits per heavy atom. The third-order valence-corrected chi connectivity index (χ3v) is 3.62. The van der Waals surface area contributed by atoms with Crippen LogP contribution in [0.5, 0.6) is 11.5 Å². The molecule has 2 N–H and O–H groups in total. The second-order valence-electron chi connectivity index (χ2n) is 4.91. The Bertz CT molecular complexity index is 672. The SMILES string of the molecule is COc1cc2c(cc1OC)C(Nc1ccccc1)=[NH+]CC2.[Cl-]. The summed E-state index contributed by atoms with van der Waals surface area (Å²) >= 11 is 0. The van der Waals surface area contributed by atoms with Gasteiger partial charge in [-0.25, -0.2) is 5.32 Å². The van der Waals surface area contributed by atoms with Gasteiger partial charge in [-0.3, -0.25) is 4.99 Å². The third kappa shape index (κ3) is 3.17. The Morgan fingerprint density at radius 2 is 1.68 bits per heavy atom. The van der Waals surface area contributed by atoms with Gasteiger partial charge in [-0.2, -0.15) is 0 Å². The van der Waals surface area contributed by atoms with Crippen molar-refractivity contribution in [3.05, 3.63) is 53.6 Å². The molecule has 22 heavy (non-hydrogen) atoms. The molecule has 2 aromatic rings. The average Bonchev–Trinajstić information content (AvgIpc) is 2.55. The number of nitrogens with one attached hydrogen (secondary N) is 2. The quantitative estimate of drug-likeness (QED) is 0.702. The first-order chi connectivity index (χ1) is 10.3. The molecule has 0 fully saturated rings. The van der Waals surface area contributed by atoms with Gasteiger partial charge in [0.1, 0.15) is 5.69 Å². The van der Waals surface area contributed by atoms with Crippen LogP contribution in [-0.2, 0) is 6.42 Å². The Balaban J connectivity index is 0.00000176. The lowest BCUT2D eigenvalue weighted by atomic mass is 9.99. The number of halogens is 1. The minimum Gasteiger partial charge on any atom is -1.00 e. The second kappa shape index (κ2) is 7.18. The standard InChI is InChI=1S/C17H18N2O2.ClH/c1-20-15-10-12-8-9-18-17(14(12)11-16(15)21-2)19-13-6-4-3-5-7-13;/h3-7,10-11H,8-9H2,1-2H3,(H,18,19);1H. The topological polar surface area (TPSA) is 44.5 Å². The van der Waals surface area contributed by atoms with Crippen LogP contribution in [0.25, 0.3) is 0 Å². The number of amidine groups is 1. The van der Waals surface area contributed by atoms with Crippen molar-refractivity contribution in [3.63, 3.8) is 0 Å². The van der Waals surface area contributed by atoms with Crippen LogP contribution in [-0.4, -0.2) is 26.6 Å². The predicted octanol–water partition coefficient (Wildman–Crippen LogP) is -1.80. The van der Waals surface area contributed by atoms with E-state index in [2.05, 4.69) is 16.4 Å². The van der Waals surface area contributed by atoms with Gasteiger partial charge in [-0.1, -0.05) is 18.2 Å². The van der Waals surface area contributed by atoms with E-state index in [1.165, 1.54) is 5.56 Å². The van der Waals surface area contributed by atoms with Crippen LogP contribution < -0.4 is 32.2 Å². The summed E-state index contributed by atoms with van der Waals surface area (Å²) in [6, 6.07) is 14.2. The minimum atomic E-state index is 0. The molecule has 4 nitrogen and oxygen atoms in total. The first-order valence-corrected chi connectivity index (χ1v) is 7.00. The summed E-state index contributed by atoms with van der Waals surface area (Å²) in [4.78, 5) is 3.42. The molecule has 0 unspecified atom stereocenters. The van der Waals surface area contributed by atoms with E-state index in [-0.39, 0.29) is 12.4 Å². The number of benzene rings is 2. The van der Waals surface area contributed by atoms with Crippen molar-refractivity contribution in [3.8, 4) is 11.5 Å². The maximum Gasteiger partial charge on any atom is 0.280 e. The number of fused-ring (bicyclic) bond motifs is 1. The highest BCUT2D eigenvalue weighted by molar-refractivity contribution is 6.06. The van der Waals surface area contributed by atoms with E-state index in [9.17, 15) is 0 Å². The van der Waals surface area contributed by atoms with E-state index < -0.39 is 0 Å². The van der Waals surface area contributed by atoms with Crippen LogP contribution >= 0.6 is 0 Å². The lowest BCUT2D eigenvalue weighted by molar-refractivity contribution is -0.457. The maximum atomic E-state index is 5.41. The number of hydrogen-bond acceptors (Lipinski definition) is 3. The Morgan fingerprint density at radius 3 is 2.36 bits per heavy atom. The molecule has 0 aromatic heterocycles. The monoisotopic (exact) mass is 318 g/mol. The summed E-state index contributed by atoms with van der Waals surface area (Å²) < 4.78 is 10.8. The van der Waals surface area contributed by atoms with Crippen molar-refractivity contribution in [1.82, 2.24) is 0 Å². The first-order valence-electron chi connectivity index (χ1n) is 7.00. The van der Waals surface area contributed by atoms with Gasteiger partial charge in [-0.15, -0.1) is 0 Å². The van der Waals surface area contributed by atoms with E-state index in [4.69, 9.17) is 9.47 Å². The molecule has 1 heterocycles. The molecule has 0 spiro atoms. The first kappa shape index (κ1) is 16.2. The van der Waals surface area contributed by atoms with Crippen LogP contribution in [0.15, 0.2) is 42.5 Å². The fourth-order valence-corrected chi connectivity index (χ4v) is 2.56. The lowest BCUT2D eigenvalue weighted by Gasteiger charge is -2.16. The molecular formula is C17H19ClN2O2. The molecule has 0 atom stereocenters. The smallest absolute Gasteiger partial charge is 0.280 e. The van der Waals surface area contributed by atoms with Crippen molar-refractivity contribution >= 4 is 11.5 Å². The van der Waals surface area contributed by atoms with Gasteiger partial charge in [-0.05, 0) is 29.8 Å². The molecule has 0 amide bonds. The summed E-state index contributed by atoms with van der Waals surface area (Å²) in [5, 5.41) is 3.44. The summed E-state index contributed by atoms with van der Waals surface area (Å²) in [6.45, 7) is 0.900. The van der Waals surface area contributed by atoms with E-state index in [1.54, 1.807) is 14.2 Å². The van der Waals surface area contributed by atoms with Gasteiger partial charge in [0.15, 0.2) is 11.5 Å². The van der Waals surface area contributed by atoms with Gasteiger partial charge in [0.2, 0.25) is 0 Å². The van der Waals surface area contributed by atoms with E-state index in [0.717, 1.165) is 41.6 Å². The zero-order valence-electron chi connectivity index (χ0n) is 12.7. The summed E-state index contributed by atoms with van der Waals surface area (Å²) in [5.74, 6) is 2.52. The summed E-state index contributed by atoms with van der Waals surface area (Å²) in [7, 11) is 3.32. The molecule has 1 aliphatic rings. The number of ether oxygens (including phenoxy) is 2. The molecule has 116 valence electrons. The van der Waals surface area contributed by atoms with Crippen LogP contribution in [0.1, 0.15) is 11.1 Å². The number of para-hydroxylation sites is 1. The highest BCUT2D eigenvalue weighted by Gasteiger charge is 2.22. The number of rotatable bonds is 3. The number of methoxy groups -OCH3 is 2. The normalized spacial score (nSPS) is 12.5. The summed E-state index contributed by atoms with van der Waals surface area (Å²) in [5.41, 5.74) is 3.44. The van der Waals surface area contributed by atoms with E-state index >= 15 is 0 Å². The Hall–Kier alpha value is -2.20. The fraction of sp³-hybridized carbons (Fsp3) is 0.235. The molecule has 0 saturated carbocycles. The second-order valence-corrected chi connectivity index (χ2v) is 4.91. The minimum absolute atomic E-state index is 0. The van der Waals surface area contributed by atoms with Crippen molar-refractivity contribution in [2.24, 2.45) is 0 Å². The Kier molecular flexibility index (Phi) is 5.28. The third-order valence-electron chi connectivity index (χ3n) is 3.62. The van der Waals surface area contributed by atoms with Crippen LogP contribution in [0.4, 0.5) is 5.69 Å². The molecule has 1 aliphatic heterocycles. The van der Waals surface area contributed by atoms with Crippen molar-refractivity contribution in [1.29, 1.82) is 0 Å². The van der Waals surface area contributed by atoms with Gasteiger partial charge in [0, 0.05) is 6.42 Å². The number of anilines is 1. The highest BCUT2D eigenvalue weighted by atomic mass is 35.5. The van der Waals surface area contributed by atoms with Crippen molar-refractivity contribution in [2.45, 2.75) is 6.42 Å². The summed E-state index contributed by atoms with van der Waals surface area (Å²) in [6.07, 6.45) is 0.968. The largest absolute Gasteiger partial charge is 1.00 e. The Labute approximate surface area is 136 Å². The van der Waals surface area contributed by atoms with Crippen LogP contribution in [0, 0.1) is 0 Å². The maximum absolute atomic E-state index is 5.41. The van der Waals surface area contributed by atoms with Crippen LogP contribution in [0.3, 0.4) is 0 Å². The molecule has 3 rings (SSSR count). The highest BCUT2D eigenvalue weighted by Crippen LogP contribution is 2.31. The molecule has 2 aromatic carbocycles. The van der Waals surface area contributed by atoms with Crippen LogP contribution in [0.2, 0.25) is 0 Å². The van der Waals surface area contributed by atoms with E-state index in [0.29, 0.717) is 0 Å². The fourth-order valence-electron chi connectivity index (χ4n) is 2.56. The molecule has 0 radical (unpaired) electrons. The molecular weight excluding hydrogens is 300 g/mol. The molecule has 0 saturated heterocycles.